The zero-order valence-electron chi connectivity index (χ0n) is 11.6. The van der Waals surface area contributed by atoms with E-state index in [2.05, 4.69) is 15.0 Å². The van der Waals surface area contributed by atoms with Crippen LogP contribution in [0.5, 0.6) is 0 Å². The van der Waals surface area contributed by atoms with Gasteiger partial charge in [0, 0.05) is 24.4 Å². The molecule has 0 aliphatic heterocycles. The lowest BCUT2D eigenvalue weighted by Gasteiger charge is -2.03. The van der Waals surface area contributed by atoms with Crippen LogP contribution in [0.1, 0.15) is 12.5 Å². The van der Waals surface area contributed by atoms with Gasteiger partial charge in [-0.2, -0.15) is 0 Å². The van der Waals surface area contributed by atoms with Gasteiger partial charge in [0.05, 0.1) is 11.9 Å². The van der Waals surface area contributed by atoms with E-state index < -0.39 is 10.0 Å². The van der Waals surface area contributed by atoms with E-state index in [4.69, 9.17) is 0 Å². The number of hydrogen-bond donors (Lipinski definition) is 2. The highest BCUT2D eigenvalue weighted by Crippen LogP contribution is 2.25. The maximum absolute atomic E-state index is 11.1. The number of carbonyl (C=O) groups excluding carboxylic acids is 1. The minimum Gasteiger partial charge on any atom is -0.352 e. The minimum absolute atomic E-state index is 0.0740. The molecule has 0 aliphatic carbocycles. The van der Waals surface area contributed by atoms with Gasteiger partial charge in [0.2, 0.25) is 15.9 Å². The van der Waals surface area contributed by atoms with Crippen LogP contribution in [0, 0.1) is 0 Å². The van der Waals surface area contributed by atoms with Gasteiger partial charge < -0.3 is 5.32 Å². The molecule has 0 atom stereocenters. The number of sulfonamides is 1. The van der Waals surface area contributed by atoms with Gasteiger partial charge in [-0.1, -0.05) is 24.3 Å². The van der Waals surface area contributed by atoms with E-state index >= 15 is 0 Å². The molecule has 112 valence electrons. The minimum atomic E-state index is -3.31. The number of rotatable bonds is 5. The monoisotopic (exact) mass is 325 g/mol. The molecule has 1 aromatic carbocycles. The third-order valence-electron chi connectivity index (χ3n) is 2.57. The summed E-state index contributed by atoms with van der Waals surface area (Å²) in [5.41, 5.74) is 2.58. The zero-order valence-corrected chi connectivity index (χ0v) is 13.2. The van der Waals surface area contributed by atoms with Crippen molar-refractivity contribution < 1.29 is 13.2 Å². The van der Waals surface area contributed by atoms with E-state index in [1.54, 1.807) is 5.38 Å². The lowest BCUT2D eigenvalue weighted by molar-refractivity contribution is -0.119. The SMILES string of the molecule is CC(=O)NCc1ccc(-c2csc(NS(C)(=O)=O)n2)cc1. The van der Waals surface area contributed by atoms with Crippen molar-refractivity contribution >= 4 is 32.4 Å². The number of hydrogen-bond acceptors (Lipinski definition) is 5. The van der Waals surface area contributed by atoms with Crippen LogP contribution in [0.3, 0.4) is 0 Å². The molecule has 2 N–H and O–H groups in total. The molecular weight excluding hydrogens is 310 g/mol. The summed E-state index contributed by atoms with van der Waals surface area (Å²) in [5.74, 6) is -0.0740. The van der Waals surface area contributed by atoms with Crippen molar-refractivity contribution in [3.63, 3.8) is 0 Å². The largest absolute Gasteiger partial charge is 0.352 e. The van der Waals surface area contributed by atoms with Crippen LogP contribution in [0.15, 0.2) is 29.6 Å². The summed E-state index contributed by atoms with van der Waals surface area (Å²) in [6, 6.07) is 7.56. The summed E-state index contributed by atoms with van der Waals surface area (Å²) in [6.07, 6.45) is 1.09. The number of aromatic nitrogens is 1. The molecule has 21 heavy (non-hydrogen) atoms. The van der Waals surface area contributed by atoms with Crippen LogP contribution in [-0.4, -0.2) is 25.6 Å². The molecule has 0 bridgehead atoms. The Kier molecular flexibility index (Phi) is 4.59. The summed E-state index contributed by atoms with van der Waals surface area (Å²) in [6.45, 7) is 1.95. The summed E-state index contributed by atoms with van der Waals surface area (Å²) < 4.78 is 24.6. The number of nitrogens with one attached hydrogen (secondary N) is 2. The molecule has 1 heterocycles. The third-order valence-corrected chi connectivity index (χ3v) is 4.02. The van der Waals surface area contributed by atoms with Gasteiger partial charge in [-0.15, -0.1) is 11.3 Å². The highest BCUT2D eigenvalue weighted by Gasteiger charge is 2.08. The topological polar surface area (TPSA) is 88.2 Å². The van der Waals surface area contributed by atoms with Gasteiger partial charge in [-0.3, -0.25) is 9.52 Å². The Morgan fingerprint density at radius 3 is 2.52 bits per heavy atom. The summed E-state index contributed by atoms with van der Waals surface area (Å²) in [4.78, 5) is 15.1. The molecule has 0 saturated carbocycles. The molecule has 8 heteroatoms. The van der Waals surface area contributed by atoms with E-state index in [-0.39, 0.29) is 5.91 Å². The zero-order chi connectivity index (χ0) is 15.5. The van der Waals surface area contributed by atoms with Crippen molar-refractivity contribution in [1.29, 1.82) is 0 Å². The molecule has 2 rings (SSSR count). The van der Waals surface area contributed by atoms with Crippen LogP contribution < -0.4 is 10.0 Å². The summed E-state index contributed by atoms with van der Waals surface area (Å²) in [5, 5.41) is 4.85. The van der Waals surface area contributed by atoms with Gasteiger partial charge in [0.1, 0.15) is 0 Å². The molecule has 0 saturated heterocycles. The highest BCUT2D eigenvalue weighted by atomic mass is 32.2. The second-order valence-electron chi connectivity index (χ2n) is 4.52. The van der Waals surface area contributed by atoms with Crippen molar-refractivity contribution in [2.75, 3.05) is 11.0 Å². The van der Waals surface area contributed by atoms with E-state index in [0.717, 1.165) is 17.4 Å². The van der Waals surface area contributed by atoms with Gasteiger partial charge in [0.15, 0.2) is 5.13 Å². The van der Waals surface area contributed by atoms with Crippen LogP contribution in [-0.2, 0) is 21.4 Å². The standard InChI is InChI=1S/C13H15N3O3S2/c1-9(17)14-7-10-3-5-11(6-4-10)12-8-20-13(15-12)16-21(2,18)19/h3-6,8H,7H2,1-2H3,(H,14,17)(H,15,16). The highest BCUT2D eigenvalue weighted by molar-refractivity contribution is 7.92. The normalized spacial score (nSPS) is 11.1. The van der Waals surface area contributed by atoms with Gasteiger partial charge in [0.25, 0.3) is 0 Å². The first-order chi connectivity index (χ1) is 9.83. The molecular formula is C13H15N3O3S2. The molecule has 1 aromatic heterocycles. The second kappa shape index (κ2) is 6.23. The van der Waals surface area contributed by atoms with E-state index in [1.807, 2.05) is 24.3 Å². The molecule has 1 amide bonds. The van der Waals surface area contributed by atoms with Crippen molar-refractivity contribution in [3.8, 4) is 11.3 Å². The summed E-state index contributed by atoms with van der Waals surface area (Å²) in [7, 11) is -3.31. The second-order valence-corrected chi connectivity index (χ2v) is 7.13. The quantitative estimate of drug-likeness (QED) is 0.877. The van der Waals surface area contributed by atoms with E-state index in [1.165, 1.54) is 18.3 Å². The fraction of sp³-hybridized carbons (Fsp3) is 0.231. The van der Waals surface area contributed by atoms with Crippen molar-refractivity contribution in [2.24, 2.45) is 0 Å². The Morgan fingerprint density at radius 1 is 1.29 bits per heavy atom. The average molecular weight is 325 g/mol. The predicted molar refractivity (Wildman–Crippen MR) is 83.5 cm³/mol. The van der Waals surface area contributed by atoms with Crippen LogP contribution >= 0.6 is 11.3 Å². The number of amides is 1. The first-order valence-corrected chi connectivity index (χ1v) is 8.88. The van der Waals surface area contributed by atoms with Gasteiger partial charge in [-0.25, -0.2) is 13.4 Å². The van der Waals surface area contributed by atoms with E-state index in [9.17, 15) is 13.2 Å². The first kappa shape index (κ1) is 15.5. The van der Waals surface area contributed by atoms with Crippen molar-refractivity contribution in [3.05, 3.63) is 35.2 Å². The van der Waals surface area contributed by atoms with Crippen molar-refractivity contribution in [1.82, 2.24) is 10.3 Å². The van der Waals surface area contributed by atoms with Crippen LogP contribution in [0.25, 0.3) is 11.3 Å². The molecule has 0 fully saturated rings. The fourth-order valence-electron chi connectivity index (χ4n) is 1.63. The molecule has 0 radical (unpaired) electrons. The predicted octanol–water partition coefficient (Wildman–Crippen LogP) is 1.82. The molecule has 2 aromatic rings. The summed E-state index contributed by atoms with van der Waals surface area (Å²) >= 11 is 1.23. The Labute approximate surface area is 127 Å². The smallest absolute Gasteiger partial charge is 0.231 e. The maximum atomic E-state index is 11.1. The number of benzene rings is 1. The lowest BCUT2D eigenvalue weighted by atomic mass is 10.1. The Bertz CT molecular complexity index is 736. The van der Waals surface area contributed by atoms with Gasteiger partial charge in [-0.05, 0) is 5.56 Å². The Hall–Kier alpha value is -1.93. The third kappa shape index (κ3) is 4.83. The average Bonchev–Trinajstić information content (AvgIpc) is 2.83. The number of nitrogens with zero attached hydrogens (tertiary/aromatic N) is 1. The first-order valence-electron chi connectivity index (χ1n) is 6.10. The Balaban J connectivity index is 2.10. The van der Waals surface area contributed by atoms with Crippen LogP contribution in [0.4, 0.5) is 5.13 Å². The molecule has 0 unspecified atom stereocenters. The molecule has 0 aliphatic rings. The lowest BCUT2D eigenvalue weighted by Crippen LogP contribution is -2.18. The molecule has 0 spiro atoms. The number of thiazole rings is 1. The fourth-order valence-corrected chi connectivity index (χ4v) is 3.20. The number of carbonyl (C=O) groups is 1. The Morgan fingerprint density at radius 2 is 1.95 bits per heavy atom. The maximum Gasteiger partial charge on any atom is 0.231 e. The van der Waals surface area contributed by atoms with Gasteiger partial charge >= 0.3 is 0 Å². The number of anilines is 1. The van der Waals surface area contributed by atoms with E-state index in [0.29, 0.717) is 17.4 Å². The van der Waals surface area contributed by atoms with Crippen LogP contribution in [0.2, 0.25) is 0 Å². The molecule has 6 nitrogen and oxygen atoms in total. The van der Waals surface area contributed by atoms with Crippen molar-refractivity contribution in [2.45, 2.75) is 13.5 Å².